The number of fused-ring (bicyclic) bond motifs is 2. The second-order valence-electron chi connectivity index (χ2n) is 9.84. The maximum Gasteiger partial charge on any atom is 0.137 e. The predicted molar refractivity (Wildman–Crippen MR) is 155 cm³/mol. The van der Waals surface area contributed by atoms with Gasteiger partial charge in [0.2, 0.25) is 0 Å². The standard InChI is InChI=1S/C32H24N6O3/c39-28-6-5-18(29(40)26-16-37-31-23(26)10-21(14-35-31)19-3-1-7-33-12-19)9-25(28)30(41)27-17-38-32-24(27)11-22(15-36-32)20-4-2-8-34-13-20/h1-17,29-30,39-41H,(H,35,37)(H,36,38). The fourth-order valence-electron chi connectivity index (χ4n) is 5.19. The molecule has 200 valence electrons. The van der Waals surface area contributed by atoms with Crippen molar-refractivity contribution in [3.05, 3.63) is 126 Å². The van der Waals surface area contributed by atoms with Gasteiger partial charge in [0.1, 0.15) is 29.3 Å². The summed E-state index contributed by atoms with van der Waals surface area (Å²) in [4.78, 5) is 23.6. The van der Waals surface area contributed by atoms with Gasteiger partial charge in [0.05, 0.1) is 0 Å². The smallest absolute Gasteiger partial charge is 0.137 e. The third-order valence-corrected chi connectivity index (χ3v) is 7.37. The van der Waals surface area contributed by atoms with Gasteiger partial charge in [-0.3, -0.25) is 9.97 Å². The van der Waals surface area contributed by atoms with Gasteiger partial charge in [-0.15, -0.1) is 0 Å². The third-order valence-electron chi connectivity index (χ3n) is 7.37. The minimum absolute atomic E-state index is 0.0846. The lowest BCUT2D eigenvalue weighted by Crippen LogP contribution is -2.04. The van der Waals surface area contributed by atoms with Crippen LogP contribution >= 0.6 is 0 Å². The van der Waals surface area contributed by atoms with Crippen molar-refractivity contribution in [3.8, 4) is 28.0 Å². The SMILES string of the molecule is Oc1ccc(C(O)c2c[nH]c3ncc(-c4cccnc4)cc23)cc1C(O)c1c[nH]c2ncc(-c3cccnc3)cc12. The third kappa shape index (κ3) is 4.39. The van der Waals surface area contributed by atoms with Crippen LogP contribution < -0.4 is 0 Å². The molecule has 0 saturated heterocycles. The molecule has 9 nitrogen and oxygen atoms in total. The molecule has 0 aliphatic rings. The summed E-state index contributed by atoms with van der Waals surface area (Å²) in [5.74, 6) is -0.0846. The Morgan fingerprint density at radius 1 is 0.585 bits per heavy atom. The van der Waals surface area contributed by atoms with Gasteiger partial charge in [-0.2, -0.15) is 0 Å². The molecule has 5 N–H and O–H groups in total. The molecule has 0 amide bonds. The van der Waals surface area contributed by atoms with Gasteiger partial charge in [0, 0.05) is 99.3 Å². The summed E-state index contributed by atoms with van der Waals surface area (Å²) in [6, 6.07) is 16.3. The highest BCUT2D eigenvalue weighted by molar-refractivity contribution is 5.86. The van der Waals surface area contributed by atoms with Gasteiger partial charge in [-0.1, -0.05) is 18.2 Å². The maximum absolute atomic E-state index is 11.5. The van der Waals surface area contributed by atoms with Gasteiger partial charge in [-0.25, -0.2) is 9.97 Å². The number of phenolic OH excluding ortho intramolecular Hbond substituents is 1. The van der Waals surface area contributed by atoms with E-state index in [9.17, 15) is 15.3 Å². The van der Waals surface area contributed by atoms with Gasteiger partial charge >= 0.3 is 0 Å². The van der Waals surface area contributed by atoms with E-state index >= 15 is 0 Å². The molecule has 2 unspecified atom stereocenters. The molecule has 2 atom stereocenters. The first-order valence-electron chi connectivity index (χ1n) is 13.0. The Kier molecular flexibility index (Phi) is 6.00. The molecule has 41 heavy (non-hydrogen) atoms. The highest BCUT2D eigenvalue weighted by atomic mass is 16.3. The lowest BCUT2D eigenvalue weighted by molar-refractivity contribution is 0.212. The number of aliphatic hydroxyl groups excluding tert-OH is 2. The number of benzene rings is 1. The van der Waals surface area contributed by atoms with E-state index in [-0.39, 0.29) is 11.3 Å². The number of nitrogens with one attached hydrogen (secondary N) is 2. The number of hydrogen-bond acceptors (Lipinski definition) is 7. The van der Waals surface area contributed by atoms with Crippen LogP contribution in [0, 0.1) is 0 Å². The summed E-state index contributed by atoms with van der Waals surface area (Å²) in [5.41, 5.74) is 6.75. The Balaban J connectivity index is 1.25. The molecule has 0 bridgehead atoms. The molecule has 1 aromatic carbocycles. The van der Waals surface area contributed by atoms with Crippen molar-refractivity contribution in [3.63, 3.8) is 0 Å². The number of pyridine rings is 4. The molecule has 6 aromatic heterocycles. The van der Waals surface area contributed by atoms with Gasteiger partial charge in [0.15, 0.2) is 0 Å². The van der Waals surface area contributed by atoms with Crippen molar-refractivity contribution in [2.75, 3.05) is 0 Å². The van der Waals surface area contributed by atoms with E-state index < -0.39 is 12.2 Å². The molecule has 0 spiro atoms. The Morgan fingerprint density at radius 3 is 1.68 bits per heavy atom. The summed E-state index contributed by atoms with van der Waals surface area (Å²) >= 11 is 0. The minimum atomic E-state index is -1.18. The van der Waals surface area contributed by atoms with Crippen LogP contribution in [0.3, 0.4) is 0 Å². The van der Waals surface area contributed by atoms with Crippen LogP contribution in [0.25, 0.3) is 44.3 Å². The molecule has 0 saturated carbocycles. The number of aromatic amines is 2. The lowest BCUT2D eigenvalue weighted by atomic mass is 9.94. The van der Waals surface area contributed by atoms with Crippen molar-refractivity contribution in [1.82, 2.24) is 29.9 Å². The van der Waals surface area contributed by atoms with E-state index in [2.05, 4.69) is 29.9 Å². The first kappa shape index (κ1) is 24.6. The number of H-pyrrole nitrogens is 2. The van der Waals surface area contributed by atoms with E-state index in [1.165, 1.54) is 6.07 Å². The van der Waals surface area contributed by atoms with Crippen LogP contribution in [0.4, 0.5) is 0 Å². The van der Waals surface area contributed by atoms with E-state index in [4.69, 9.17) is 0 Å². The number of nitrogens with zero attached hydrogens (tertiary/aromatic N) is 4. The molecule has 7 rings (SSSR count). The topological polar surface area (TPSA) is 144 Å². The number of phenols is 1. The lowest BCUT2D eigenvalue weighted by Gasteiger charge is -2.17. The fraction of sp³-hybridized carbons (Fsp3) is 0.0625. The number of hydrogen-bond donors (Lipinski definition) is 5. The Hall–Kier alpha value is -5.38. The molecular formula is C32H24N6O3. The minimum Gasteiger partial charge on any atom is -0.508 e. The monoisotopic (exact) mass is 540 g/mol. The molecular weight excluding hydrogens is 516 g/mol. The van der Waals surface area contributed by atoms with Crippen molar-refractivity contribution in [2.45, 2.75) is 12.2 Å². The van der Waals surface area contributed by atoms with E-state index in [1.54, 1.807) is 61.7 Å². The molecule has 6 heterocycles. The average molecular weight is 541 g/mol. The van der Waals surface area contributed by atoms with E-state index in [0.717, 1.165) is 33.0 Å². The highest BCUT2D eigenvalue weighted by Crippen LogP contribution is 2.38. The summed E-state index contributed by atoms with van der Waals surface area (Å²) in [5, 5.41) is 35.2. The van der Waals surface area contributed by atoms with Crippen molar-refractivity contribution in [2.24, 2.45) is 0 Å². The Morgan fingerprint density at radius 2 is 1.15 bits per heavy atom. The van der Waals surface area contributed by atoms with Crippen molar-refractivity contribution in [1.29, 1.82) is 0 Å². The predicted octanol–water partition coefficient (Wildman–Crippen LogP) is 5.43. The van der Waals surface area contributed by atoms with Crippen LogP contribution in [-0.2, 0) is 0 Å². The van der Waals surface area contributed by atoms with Crippen LogP contribution in [-0.4, -0.2) is 45.2 Å². The first-order chi connectivity index (χ1) is 20.1. The second-order valence-corrected chi connectivity index (χ2v) is 9.84. The van der Waals surface area contributed by atoms with Crippen molar-refractivity contribution >= 4 is 22.1 Å². The van der Waals surface area contributed by atoms with Gasteiger partial charge in [-0.05, 0) is 42.0 Å². The van der Waals surface area contributed by atoms with Gasteiger partial charge < -0.3 is 25.3 Å². The molecule has 0 radical (unpaired) electrons. The molecule has 0 aliphatic carbocycles. The number of aromatic nitrogens is 6. The van der Waals surface area contributed by atoms with Crippen LogP contribution in [0.15, 0.2) is 104 Å². The molecule has 0 aliphatic heterocycles. The zero-order chi connectivity index (χ0) is 27.9. The van der Waals surface area contributed by atoms with Crippen LogP contribution in [0.5, 0.6) is 5.75 Å². The molecule has 7 aromatic rings. The summed E-state index contributed by atoms with van der Waals surface area (Å²) in [6.45, 7) is 0. The van der Waals surface area contributed by atoms with Crippen LogP contribution in [0.2, 0.25) is 0 Å². The number of aromatic hydroxyl groups is 1. The zero-order valence-electron chi connectivity index (χ0n) is 21.6. The summed E-state index contributed by atoms with van der Waals surface area (Å²) in [6.07, 6.45) is 11.6. The highest BCUT2D eigenvalue weighted by Gasteiger charge is 2.23. The number of aliphatic hydroxyl groups is 2. The van der Waals surface area contributed by atoms with Crippen LogP contribution in [0.1, 0.15) is 34.5 Å². The number of rotatable bonds is 6. The Bertz CT molecular complexity index is 2000. The van der Waals surface area contributed by atoms with E-state index in [0.29, 0.717) is 28.0 Å². The summed E-state index contributed by atoms with van der Waals surface area (Å²) in [7, 11) is 0. The van der Waals surface area contributed by atoms with Crippen molar-refractivity contribution < 1.29 is 15.3 Å². The van der Waals surface area contributed by atoms with Gasteiger partial charge in [0.25, 0.3) is 0 Å². The maximum atomic E-state index is 11.5. The average Bonchev–Trinajstić information content (AvgIpc) is 3.65. The Labute approximate surface area is 233 Å². The first-order valence-corrected chi connectivity index (χ1v) is 13.0. The molecule has 9 heteroatoms. The quantitative estimate of drug-likeness (QED) is 0.189. The largest absolute Gasteiger partial charge is 0.508 e. The van der Waals surface area contributed by atoms with E-state index in [1.807, 2.05) is 36.4 Å². The molecule has 0 fully saturated rings. The fourth-order valence-corrected chi connectivity index (χ4v) is 5.19. The summed E-state index contributed by atoms with van der Waals surface area (Å²) < 4.78 is 0. The normalized spacial score (nSPS) is 13.0. The second kappa shape index (κ2) is 9.98. The zero-order valence-corrected chi connectivity index (χ0v) is 21.6.